The van der Waals surface area contributed by atoms with Crippen molar-refractivity contribution in [1.82, 2.24) is 14.7 Å². The molecule has 2 atom stereocenters. The highest BCUT2D eigenvalue weighted by atomic mass is 16.5. The largest absolute Gasteiger partial charge is 0.372 e. The van der Waals surface area contributed by atoms with Gasteiger partial charge in [-0.05, 0) is 39.7 Å². The number of hydrogen-bond acceptors (Lipinski definition) is 4. The fraction of sp³-hybridized carbons (Fsp3) is 0.706. The molecule has 1 aliphatic heterocycles. The van der Waals surface area contributed by atoms with Crippen LogP contribution in [-0.4, -0.2) is 45.9 Å². The second-order valence-electron chi connectivity index (χ2n) is 6.34. The first-order valence-electron chi connectivity index (χ1n) is 8.25. The zero-order valence-corrected chi connectivity index (χ0v) is 14.5. The standard InChI is InChI=1S/C17H26N4O2/c1-12-10-20(11-13(2)23-12)17(22)7-6-16-14(3)19-21(15(16)4)9-5-8-18/h12-13H,5-7,9-11H2,1-4H3/t12-,13-/m0/s1. The maximum absolute atomic E-state index is 12.5. The molecule has 0 saturated carbocycles. The summed E-state index contributed by atoms with van der Waals surface area (Å²) in [6, 6.07) is 2.14. The van der Waals surface area contributed by atoms with Crippen LogP contribution < -0.4 is 0 Å². The van der Waals surface area contributed by atoms with Crippen LogP contribution in [0.25, 0.3) is 0 Å². The molecule has 0 radical (unpaired) electrons. The fourth-order valence-electron chi connectivity index (χ4n) is 3.24. The van der Waals surface area contributed by atoms with E-state index in [2.05, 4.69) is 11.2 Å². The van der Waals surface area contributed by atoms with Crippen molar-refractivity contribution in [2.24, 2.45) is 0 Å². The molecule has 2 rings (SSSR count). The average molecular weight is 318 g/mol. The first-order chi connectivity index (χ1) is 10.9. The van der Waals surface area contributed by atoms with Crippen molar-refractivity contribution >= 4 is 5.91 Å². The highest BCUT2D eigenvalue weighted by molar-refractivity contribution is 5.76. The van der Waals surface area contributed by atoms with Crippen molar-refractivity contribution in [3.8, 4) is 6.07 Å². The topological polar surface area (TPSA) is 71.2 Å². The molecule has 6 nitrogen and oxygen atoms in total. The van der Waals surface area contributed by atoms with E-state index in [9.17, 15) is 4.79 Å². The Morgan fingerprint density at radius 2 is 2.00 bits per heavy atom. The lowest BCUT2D eigenvalue weighted by molar-refractivity contribution is -0.143. The van der Waals surface area contributed by atoms with Gasteiger partial charge in [0, 0.05) is 25.2 Å². The molecule has 0 unspecified atom stereocenters. The summed E-state index contributed by atoms with van der Waals surface area (Å²) in [5, 5.41) is 13.2. The molecule has 6 heteroatoms. The molecule has 126 valence electrons. The Hall–Kier alpha value is -1.87. The highest BCUT2D eigenvalue weighted by Crippen LogP contribution is 2.17. The Bertz CT molecular complexity index is 592. The van der Waals surface area contributed by atoms with Crippen molar-refractivity contribution in [2.45, 2.75) is 65.7 Å². The van der Waals surface area contributed by atoms with Crippen molar-refractivity contribution in [1.29, 1.82) is 5.26 Å². The number of aromatic nitrogens is 2. The van der Waals surface area contributed by atoms with Gasteiger partial charge < -0.3 is 9.64 Å². The zero-order valence-electron chi connectivity index (χ0n) is 14.5. The number of nitrogens with zero attached hydrogens (tertiary/aromatic N) is 4. The minimum atomic E-state index is 0.0971. The van der Waals surface area contributed by atoms with E-state index in [0.29, 0.717) is 38.9 Å². The van der Waals surface area contributed by atoms with Crippen molar-refractivity contribution < 1.29 is 9.53 Å². The molecule has 0 N–H and O–H groups in total. The van der Waals surface area contributed by atoms with Crippen LogP contribution >= 0.6 is 0 Å². The minimum absolute atomic E-state index is 0.0971. The third kappa shape index (κ3) is 4.32. The number of hydrogen-bond donors (Lipinski definition) is 0. The molecule has 2 heterocycles. The lowest BCUT2D eigenvalue weighted by atomic mass is 10.1. The average Bonchev–Trinajstić information content (AvgIpc) is 2.76. The van der Waals surface area contributed by atoms with Crippen LogP contribution in [0.3, 0.4) is 0 Å². The first kappa shape index (κ1) is 17.5. The van der Waals surface area contributed by atoms with E-state index in [1.54, 1.807) is 0 Å². The van der Waals surface area contributed by atoms with E-state index in [1.165, 1.54) is 0 Å². The summed E-state index contributed by atoms with van der Waals surface area (Å²) >= 11 is 0. The molecule has 23 heavy (non-hydrogen) atoms. The van der Waals surface area contributed by atoms with Gasteiger partial charge in [-0.3, -0.25) is 9.48 Å². The minimum Gasteiger partial charge on any atom is -0.372 e. The van der Waals surface area contributed by atoms with Crippen LogP contribution in [0.4, 0.5) is 0 Å². The third-order valence-corrected chi connectivity index (χ3v) is 4.33. The second-order valence-corrected chi connectivity index (χ2v) is 6.34. The monoisotopic (exact) mass is 318 g/mol. The highest BCUT2D eigenvalue weighted by Gasteiger charge is 2.26. The summed E-state index contributed by atoms with van der Waals surface area (Å²) in [6.45, 7) is 9.93. The van der Waals surface area contributed by atoms with E-state index >= 15 is 0 Å². The molecular weight excluding hydrogens is 292 g/mol. The number of carbonyl (C=O) groups is 1. The maximum Gasteiger partial charge on any atom is 0.223 e. The van der Waals surface area contributed by atoms with Gasteiger partial charge in [-0.1, -0.05) is 0 Å². The van der Waals surface area contributed by atoms with Gasteiger partial charge in [-0.15, -0.1) is 0 Å². The fourth-order valence-corrected chi connectivity index (χ4v) is 3.24. The number of carbonyl (C=O) groups excluding carboxylic acids is 1. The molecule has 0 spiro atoms. The van der Waals surface area contributed by atoms with E-state index in [0.717, 1.165) is 17.0 Å². The van der Waals surface area contributed by atoms with Crippen LogP contribution in [0.5, 0.6) is 0 Å². The van der Waals surface area contributed by atoms with Gasteiger partial charge >= 0.3 is 0 Å². The summed E-state index contributed by atoms with van der Waals surface area (Å²) < 4.78 is 7.55. The van der Waals surface area contributed by atoms with Crippen molar-refractivity contribution in [2.75, 3.05) is 13.1 Å². The van der Waals surface area contributed by atoms with E-state index in [4.69, 9.17) is 10.00 Å². The number of nitriles is 1. The molecule has 1 aromatic rings. The smallest absolute Gasteiger partial charge is 0.223 e. The van der Waals surface area contributed by atoms with E-state index in [-0.39, 0.29) is 18.1 Å². The summed E-state index contributed by atoms with van der Waals surface area (Å²) in [4.78, 5) is 14.4. The molecule has 1 aliphatic rings. The predicted octanol–water partition coefficient (Wildman–Crippen LogP) is 1.98. The molecule has 1 fully saturated rings. The second kappa shape index (κ2) is 7.60. The number of rotatable bonds is 5. The van der Waals surface area contributed by atoms with Gasteiger partial charge in [0.15, 0.2) is 0 Å². The Labute approximate surface area is 138 Å². The Morgan fingerprint density at radius 3 is 2.61 bits per heavy atom. The number of ether oxygens (including phenoxy) is 1. The quantitative estimate of drug-likeness (QED) is 0.832. The van der Waals surface area contributed by atoms with Crippen LogP contribution in [0.15, 0.2) is 0 Å². The van der Waals surface area contributed by atoms with Crippen molar-refractivity contribution in [3.63, 3.8) is 0 Å². The van der Waals surface area contributed by atoms with Crippen LogP contribution in [0.2, 0.25) is 0 Å². The van der Waals surface area contributed by atoms with E-state index in [1.807, 2.05) is 37.3 Å². The summed E-state index contributed by atoms with van der Waals surface area (Å²) in [5.41, 5.74) is 3.15. The van der Waals surface area contributed by atoms with E-state index < -0.39 is 0 Å². The first-order valence-corrected chi connectivity index (χ1v) is 8.25. The predicted molar refractivity (Wildman–Crippen MR) is 86.8 cm³/mol. The number of amides is 1. The van der Waals surface area contributed by atoms with Crippen LogP contribution in [0.1, 0.15) is 43.6 Å². The molecule has 0 aromatic carbocycles. The maximum atomic E-state index is 12.5. The molecule has 1 aromatic heterocycles. The summed E-state index contributed by atoms with van der Waals surface area (Å²) in [6.07, 6.45) is 1.83. The molecule has 1 saturated heterocycles. The summed E-state index contributed by atoms with van der Waals surface area (Å²) in [5.74, 6) is 0.176. The van der Waals surface area contributed by atoms with Gasteiger partial charge in [0.25, 0.3) is 0 Å². The Kier molecular flexibility index (Phi) is 5.78. The Morgan fingerprint density at radius 1 is 1.35 bits per heavy atom. The number of morpholine rings is 1. The molecule has 1 amide bonds. The normalized spacial score (nSPS) is 21.3. The molecule has 0 bridgehead atoms. The molecule has 0 aliphatic carbocycles. The van der Waals surface area contributed by atoms with Crippen LogP contribution in [0, 0.1) is 25.2 Å². The van der Waals surface area contributed by atoms with Gasteiger partial charge in [-0.25, -0.2) is 0 Å². The zero-order chi connectivity index (χ0) is 17.0. The third-order valence-electron chi connectivity index (χ3n) is 4.33. The van der Waals surface area contributed by atoms with Crippen LogP contribution in [-0.2, 0) is 22.5 Å². The Balaban J connectivity index is 1.96. The summed E-state index contributed by atoms with van der Waals surface area (Å²) in [7, 11) is 0. The van der Waals surface area contributed by atoms with Gasteiger partial charge in [-0.2, -0.15) is 10.4 Å². The number of aryl methyl sites for hydroxylation is 2. The van der Waals surface area contributed by atoms with Gasteiger partial charge in [0.05, 0.1) is 36.9 Å². The SMILES string of the molecule is Cc1nn(CCC#N)c(C)c1CCC(=O)N1C[C@H](C)O[C@@H](C)C1. The molecular formula is C17H26N4O2. The lowest BCUT2D eigenvalue weighted by Crippen LogP contribution is -2.48. The lowest BCUT2D eigenvalue weighted by Gasteiger charge is -2.35. The van der Waals surface area contributed by atoms with Crippen molar-refractivity contribution in [3.05, 3.63) is 17.0 Å². The van der Waals surface area contributed by atoms with Gasteiger partial charge in [0.1, 0.15) is 0 Å². The van der Waals surface area contributed by atoms with Gasteiger partial charge in [0.2, 0.25) is 5.91 Å².